The molecule has 0 aliphatic carbocycles. The zero-order valence-corrected chi connectivity index (χ0v) is 18.9. The molecule has 1 aliphatic rings. The Morgan fingerprint density at radius 3 is 2.50 bits per heavy atom. The van der Waals surface area contributed by atoms with Gasteiger partial charge in [0.15, 0.2) is 0 Å². The third-order valence-electron chi connectivity index (χ3n) is 5.62. The monoisotopic (exact) mass is 428 g/mol. The van der Waals surface area contributed by atoms with Gasteiger partial charge in [0, 0.05) is 32.2 Å². The molecular weight excluding hydrogens is 396 g/mol. The quantitative estimate of drug-likeness (QED) is 0.642. The molecular formula is C23H32N4O2S. The van der Waals surface area contributed by atoms with Crippen LogP contribution in [0.4, 0.5) is 11.5 Å². The maximum absolute atomic E-state index is 12.7. The second-order valence-electron chi connectivity index (χ2n) is 8.03. The predicted octanol–water partition coefficient (Wildman–Crippen LogP) is 4.09. The average molecular weight is 429 g/mol. The van der Waals surface area contributed by atoms with Gasteiger partial charge in [-0.15, -0.1) is 6.58 Å². The van der Waals surface area contributed by atoms with E-state index >= 15 is 0 Å². The molecule has 0 radical (unpaired) electrons. The van der Waals surface area contributed by atoms with Crippen molar-refractivity contribution < 1.29 is 8.42 Å². The second-order valence-corrected chi connectivity index (χ2v) is 9.71. The van der Waals surface area contributed by atoms with Gasteiger partial charge in [0.2, 0.25) is 0 Å². The summed E-state index contributed by atoms with van der Waals surface area (Å²) in [4.78, 5) is 9.47. The summed E-state index contributed by atoms with van der Waals surface area (Å²) >= 11 is 0. The van der Waals surface area contributed by atoms with Crippen molar-refractivity contribution in [3.8, 4) is 0 Å². The second kappa shape index (κ2) is 9.62. The number of hydrogen-bond donors (Lipinski definition) is 1. The van der Waals surface area contributed by atoms with Crippen LogP contribution in [0, 0.1) is 0 Å². The van der Waals surface area contributed by atoms with Crippen LogP contribution in [-0.4, -0.2) is 50.5 Å². The molecule has 7 heteroatoms. The fraction of sp³-hybridized carbons (Fsp3) is 0.435. The van der Waals surface area contributed by atoms with Crippen LogP contribution in [0.1, 0.15) is 38.7 Å². The number of sulfonamides is 1. The molecule has 1 aliphatic heterocycles. The van der Waals surface area contributed by atoms with Crippen molar-refractivity contribution in [1.29, 1.82) is 0 Å². The van der Waals surface area contributed by atoms with E-state index in [0.29, 0.717) is 17.6 Å². The molecule has 1 fully saturated rings. The van der Waals surface area contributed by atoms with E-state index in [1.54, 1.807) is 24.4 Å². The Labute approximate surface area is 180 Å². The van der Waals surface area contributed by atoms with Gasteiger partial charge in [0.25, 0.3) is 10.0 Å². The highest BCUT2D eigenvalue weighted by atomic mass is 32.2. The van der Waals surface area contributed by atoms with Crippen molar-refractivity contribution in [3.63, 3.8) is 0 Å². The fourth-order valence-electron chi connectivity index (χ4n) is 3.77. The molecule has 1 saturated heterocycles. The van der Waals surface area contributed by atoms with Crippen LogP contribution in [0.2, 0.25) is 0 Å². The minimum Gasteiger partial charge on any atom is -0.354 e. The molecule has 30 heavy (non-hydrogen) atoms. The molecule has 162 valence electrons. The Morgan fingerprint density at radius 1 is 1.20 bits per heavy atom. The third kappa shape index (κ3) is 5.21. The molecule has 2 heterocycles. The average Bonchev–Trinajstić information content (AvgIpc) is 2.74. The number of nitrogens with zero attached hydrogens (tertiary/aromatic N) is 3. The van der Waals surface area contributed by atoms with Gasteiger partial charge in [0.05, 0.1) is 16.8 Å². The summed E-state index contributed by atoms with van der Waals surface area (Å²) < 4.78 is 28.0. The highest BCUT2D eigenvalue weighted by molar-refractivity contribution is 7.92. The summed E-state index contributed by atoms with van der Waals surface area (Å²) in [7, 11) is -3.64. The molecule has 1 unspecified atom stereocenters. The number of hydrogen-bond acceptors (Lipinski definition) is 5. The summed E-state index contributed by atoms with van der Waals surface area (Å²) in [5.41, 5.74) is 1.57. The van der Waals surface area contributed by atoms with E-state index in [4.69, 9.17) is 0 Å². The number of pyridine rings is 1. The predicted molar refractivity (Wildman–Crippen MR) is 124 cm³/mol. The lowest BCUT2D eigenvalue weighted by Crippen LogP contribution is -2.53. The van der Waals surface area contributed by atoms with E-state index in [9.17, 15) is 8.42 Å². The summed E-state index contributed by atoms with van der Waals surface area (Å²) in [5, 5.41) is 0. The third-order valence-corrected chi connectivity index (χ3v) is 7.02. The molecule has 1 atom stereocenters. The molecule has 1 aromatic heterocycles. The van der Waals surface area contributed by atoms with Crippen LogP contribution < -0.4 is 9.62 Å². The van der Waals surface area contributed by atoms with Gasteiger partial charge in [-0.2, -0.15) is 0 Å². The van der Waals surface area contributed by atoms with Gasteiger partial charge in [-0.05, 0) is 42.2 Å². The molecule has 3 rings (SSSR count). The number of piperazine rings is 1. The van der Waals surface area contributed by atoms with Crippen LogP contribution in [0.25, 0.3) is 0 Å². The van der Waals surface area contributed by atoms with E-state index in [0.717, 1.165) is 44.0 Å². The normalized spacial score (nSPS) is 17.9. The number of rotatable bonds is 8. The molecule has 1 N–H and O–H groups in total. The molecule has 6 nitrogen and oxygen atoms in total. The highest BCUT2D eigenvalue weighted by Gasteiger charge is 2.25. The van der Waals surface area contributed by atoms with E-state index < -0.39 is 10.0 Å². The van der Waals surface area contributed by atoms with Crippen LogP contribution in [-0.2, 0) is 10.0 Å². The molecule has 2 aromatic rings. The van der Waals surface area contributed by atoms with Crippen LogP contribution in [0.15, 0.2) is 60.1 Å². The van der Waals surface area contributed by atoms with Crippen molar-refractivity contribution in [3.05, 3.63) is 60.8 Å². The van der Waals surface area contributed by atoms with Crippen molar-refractivity contribution in [2.24, 2.45) is 0 Å². The standard InChI is InChI=1S/C23H32N4O2S/c1-5-13-26-14-15-27(17-21(26)6-2)23-12-9-20(16-24-23)25-30(28,29)22-10-7-19(8-11-22)18(3)4/h5,7-12,16,18,21,25H,1,6,13-15,17H2,2-4H3. The van der Waals surface area contributed by atoms with Gasteiger partial charge in [-0.3, -0.25) is 9.62 Å². The molecule has 0 bridgehead atoms. The van der Waals surface area contributed by atoms with Crippen molar-refractivity contribution in [1.82, 2.24) is 9.88 Å². The highest BCUT2D eigenvalue weighted by Crippen LogP contribution is 2.23. The number of benzene rings is 1. The smallest absolute Gasteiger partial charge is 0.261 e. The topological polar surface area (TPSA) is 65.5 Å². The van der Waals surface area contributed by atoms with Crippen LogP contribution in [0.3, 0.4) is 0 Å². The minimum absolute atomic E-state index is 0.250. The summed E-state index contributed by atoms with van der Waals surface area (Å²) in [6.45, 7) is 13.9. The molecule has 0 saturated carbocycles. The van der Waals surface area contributed by atoms with E-state index in [2.05, 4.69) is 46.9 Å². The summed E-state index contributed by atoms with van der Waals surface area (Å²) in [6.07, 6.45) is 4.61. The lowest BCUT2D eigenvalue weighted by molar-refractivity contribution is 0.190. The fourth-order valence-corrected chi connectivity index (χ4v) is 4.82. The lowest BCUT2D eigenvalue weighted by atomic mass is 10.0. The first-order valence-corrected chi connectivity index (χ1v) is 12.0. The molecule has 1 aromatic carbocycles. The van der Waals surface area contributed by atoms with Gasteiger partial charge < -0.3 is 4.90 Å². The van der Waals surface area contributed by atoms with E-state index in [1.807, 2.05) is 24.3 Å². The molecule has 0 spiro atoms. The zero-order valence-electron chi connectivity index (χ0n) is 18.1. The van der Waals surface area contributed by atoms with Gasteiger partial charge >= 0.3 is 0 Å². The van der Waals surface area contributed by atoms with Gasteiger partial charge in [-0.1, -0.05) is 39.0 Å². The SMILES string of the molecule is C=CCN1CCN(c2ccc(NS(=O)(=O)c3ccc(C(C)C)cc3)cn2)CC1CC. The maximum atomic E-state index is 12.7. The van der Waals surface area contributed by atoms with Crippen LogP contribution in [0.5, 0.6) is 0 Å². The van der Waals surface area contributed by atoms with E-state index in [-0.39, 0.29) is 4.90 Å². The lowest BCUT2D eigenvalue weighted by Gasteiger charge is -2.41. The van der Waals surface area contributed by atoms with Crippen molar-refractivity contribution in [2.45, 2.75) is 44.0 Å². The Hall–Kier alpha value is -2.38. The molecule has 0 amide bonds. The van der Waals surface area contributed by atoms with E-state index in [1.165, 1.54) is 0 Å². The minimum atomic E-state index is -3.64. The first-order chi connectivity index (χ1) is 14.3. The van der Waals surface area contributed by atoms with Crippen molar-refractivity contribution in [2.75, 3.05) is 35.8 Å². The summed E-state index contributed by atoms with van der Waals surface area (Å²) in [5.74, 6) is 1.23. The first-order valence-electron chi connectivity index (χ1n) is 10.5. The zero-order chi connectivity index (χ0) is 21.7. The Balaban J connectivity index is 1.67. The van der Waals surface area contributed by atoms with Crippen molar-refractivity contribution >= 4 is 21.5 Å². The Morgan fingerprint density at radius 2 is 1.93 bits per heavy atom. The number of nitrogens with one attached hydrogen (secondary N) is 1. The van der Waals surface area contributed by atoms with Gasteiger partial charge in [0.1, 0.15) is 5.82 Å². The summed E-state index contributed by atoms with van der Waals surface area (Å²) in [6, 6.07) is 11.1. The number of aromatic nitrogens is 1. The van der Waals surface area contributed by atoms with Gasteiger partial charge in [-0.25, -0.2) is 13.4 Å². The Bertz CT molecular complexity index is 940. The van der Waals surface area contributed by atoms with Crippen LogP contribution >= 0.6 is 0 Å². The number of anilines is 2. The first kappa shape index (κ1) is 22.3. The largest absolute Gasteiger partial charge is 0.354 e. The maximum Gasteiger partial charge on any atom is 0.261 e. The Kier molecular flexibility index (Phi) is 7.15.